The molecule has 1 aliphatic heterocycles. The molecule has 1 saturated heterocycles. The molecular weight excluding hydrogens is 200 g/mol. The molecule has 0 bridgehead atoms. The lowest BCUT2D eigenvalue weighted by Crippen LogP contribution is -2.46. The Morgan fingerprint density at radius 1 is 1.38 bits per heavy atom. The predicted octanol–water partition coefficient (Wildman–Crippen LogP) is 1.65. The van der Waals surface area contributed by atoms with Crippen LogP contribution in [0.3, 0.4) is 0 Å². The van der Waals surface area contributed by atoms with E-state index in [-0.39, 0.29) is 0 Å². The zero-order valence-corrected chi connectivity index (χ0v) is 11.1. The third kappa shape index (κ3) is 5.10. The molecule has 3 heteroatoms. The predicted molar refractivity (Wildman–Crippen MR) is 68.7 cm³/mol. The number of ether oxygens (including phenoxy) is 1. The van der Waals surface area contributed by atoms with Crippen molar-refractivity contribution in [3.63, 3.8) is 0 Å². The maximum atomic E-state index is 5.71. The van der Waals surface area contributed by atoms with E-state index in [1.807, 2.05) is 0 Å². The monoisotopic (exact) mass is 226 g/mol. The SMILES string of the molecule is C=C(CNC(C)C)CN1CC(C)OC(C)C1. The molecule has 0 saturated carbocycles. The van der Waals surface area contributed by atoms with Crippen LogP contribution in [-0.4, -0.2) is 49.3 Å². The van der Waals surface area contributed by atoms with Crippen molar-refractivity contribution in [2.75, 3.05) is 26.2 Å². The second kappa shape index (κ2) is 6.38. The molecule has 1 N–H and O–H groups in total. The van der Waals surface area contributed by atoms with Crippen molar-refractivity contribution < 1.29 is 4.74 Å². The van der Waals surface area contributed by atoms with Gasteiger partial charge in [0.05, 0.1) is 12.2 Å². The van der Waals surface area contributed by atoms with Crippen molar-refractivity contribution in [2.24, 2.45) is 0 Å². The third-order valence-electron chi connectivity index (χ3n) is 2.70. The lowest BCUT2D eigenvalue weighted by atomic mass is 10.2. The Labute approximate surface area is 99.8 Å². The van der Waals surface area contributed by atoms with Crippen molar-refractivity contribution in [1.82, 2.24) is 10.2 Å². The van der Waals surface area contributed by atoms with Crippen LogP contribution in [0.2, 0.25) is 0 Å². The molecule has 0 aliphatic carbocycles. The van der Waals surface area contributed by atoms with Crippen LogP contribution in [0.15, 0.2) is 12.2 Å². The Morgan fingerprint density at radius 2 is 1.94 bits per heavy atom. The van der Waals surface area contributed by atoms with E-state index in [1.165, 1.54) is 5.57 Å². The van der Waals surface area contributed by atoms with E-state index in [0.29, 0.717) is 18.2 Å². The average molecular weight is 226 g/mol. The molecular formula is C13H26N2O. The van der Waals surface area contributed by atoms with E-state index >= 15 is 0 Å². The molecule has 0 aromatic heterocycles. The minimum Gasteiger partial charge on any atom is -0.373 e. The smallest absolute Gasteiger partial charge is 0.0678 e. The topological polar surface area (TPSA) is 24.5 Å². The van der Waals surface area contributed by atoms with Gasteiger partial charge in [0.1, 0.15) is 0 Å². The van der Waals surface area contributed by atoms with Gasteiger partial charge in [-0.2, -0.15) is 0 Å². The van der Waals surface area contributed by atoms with Crippen LogP contribution in [0, 0.1) is 0 Å². The van der Waals surface area contributed by atoms with Crippen molar-refractivity contribution in [2.45, 2.75) is 45.9 Å². The molecule has 1 fully saturated rings. The number of hydrogen-bond acceptors (Lipinski definition) is 3. The number of rotatable bonds is 5. The van der Waals surface area contributed by atoms with Crippen LogP contribution in [0.5, 0.6) is 0 Å². The summed E-state index contributed by atoms with van der Waals surface area (Å²) in [6.45, 7) is 16.7. The lowest BCUT2D eigenvalue weighted by molar-refractivity contribution is -0.0653. The standard InChI is InChI=1S/C13H26N2O/c1-10(2)14-6-11(3)7-15-8-12(4)16-13(5)9-15/h10,12-14H,3,6-9H2,1-2,4-5H3. The summed E-state index contributed by atoms with van der Waals surface area (Å²) in [6, 6.07) is 0.527. The number of nitrogens with zero attached hydrogens (tertiary/aromatic N) is 1. The van der Waals surface area contributed by atoms with E-state index in [1.54, 1.807) is 0 Å². The largest absolute Gasteiger partial charge is 0.373 e. The average Bonchev–Trinajstić information content (AvgIpc) is 2.12. The van der Waals surface area contributed by atoms with E-state index in [2.05, 4.69) is 44.5 Å². The van der Waals surface area contributed by atoms with Gasteiger partial charge in [-0.25, -0.2) is 0 Å². The summed E-state index contributed by atoms with van der Waals surface area (Å²) >= 11 is 0. The van der Waals surface area contributed by atoms with Gasteiger partial charge >= 0.3 is 0 Å². The van der Waals surface area contributed by atoms with Crippen LogP contribution in [0.25, 0.3) is 0 Å². The Morgan fingerprint density at radius 3 is 2.44 bits per heavy atom. The highest BCUT2D eigenvalue weighted by molar-refractivity contribution is 5.01. The van der Waals surface area contributed by atoms with Gasteiger partial charge in [-0.05, 0) is 19.4 Å². The Kier molecular flexibility index (Phi) is 5.46. The molecule has 0 radical (unpaired) electrons. The number of hydrogen-bond donors (Lipinski definition) is 1. The van der Waals surface area contributed by atoms with Gasteiger partial charge in [0.15, 0.2) is 0 Å². The summed E-state index contributed by atoms with van der Waals surface area (Å²) in [5, 5.41) is 3.40. The van der Waals surface area contributed by atoms with Gasteiger partial charge in [0.25, 0.3) is 0 Å². The molecule has 1 heterocycles. The number of nitrogens with one attached hydrogen (secondary N) is 1. The third-order valence-corrected chi connectivity index (χ3v) is 2.70. The molecule has 0 amide bonds. The Bertz CT molecular complexity index is 218. The molecule has 1 aliphatic rings. The zero-order valence-electron chi connectivity index (χ0n) is 11.1. The summed E-state index contributed by atoms with van der Waals surface area (Å²) < 4.78 is 5.71. The van der Waals surface area contributed by atoms with Crippen molar-refractivity contribution >= 4 is 0 Å². The highest BCUT2D eigenvalue weighted by Gasteiger charge is 2.22. The van der Waals surface area contributed by atoms with Crippen LogP contribution in [0.1, 0.15) is 27.7 Å². The molecule has 16 heavy (non-hydrogen) atoms. The first-order valence-electron chi connectivity index (χ1n) is 6.25. The van der Waals surface area contributed by atoms with Crippen molar-refractivity contribution in [3.8, 4) is 0 Å². The lowest BCUT2D eigenvalue weighted by Gasteiger charge is -2.35. The highest BCUT2D eigenvalue weighted by Crippen LogP contribution is 2.11. The van der Waals surface area contributed by atoms with Gasteiger partial charge in [-0.3, -0.25) is 4.90 Å². The van der Waals surface area contributed by atoms with Gasteiger partial charge in [0, 0.05) is 32.2 Å². The van der Waals surface area contributed by atoms with E-state index in [4.69, 9.17) is 4.74 Å². The summed E-state index contributed by atoms with van der Waals surface area (Å²) in [6.07, 6.45) is 0.684. The minimum absolute atomic E-state index is 0.342. The zero-order chi connectivity index (χ0) is 12.1. The fraction of sp³-hybridized carbons (Fsp3) is 0.846. The van der Waals surface area contributed by atoms with Crippen LogP contribution < -0.4 is 5.32 Å². The Balaban J connectivity index is 2.27. The van der Waals surface area contributed by atoms with Crippen molar-refractivity contribution in [3.05, 3.63) is 12.2 Å². The van der Waals surface area contributed by atoms with Gasteiger partial charge in [-0.1, -0.05) is 20.4 Å². The van der Waals surface area contributed by atoms with E-state index in [0.717, 1.165) is 26.2 Å². The fourth-order valence-electron chi connectivity index (χ4n) is 2.13. The van der Waals surface area contributed by atoms with Gasteiger partial charge in [-0.15, -0.1) is 0 Å². The first-order valence-corrected chi connectivity index (χ1v) is 6.25. The first-order chi connectivity index (χ1) is 7.47. The quantitative estimate of drug-likeness (QED) is 0.721. The second-order valence-corrected chi connectivity index (χ2v) is 5.24. The molecule has 94 valence electrons. The molecule has 2 unspecified atom stereocenters. The van der Waals surface area contributed by atoms with Crippen LogP contribution in [0.4, 0.5) is 0 Å². The summed E-state index contributed by atoms with van der Waals surface area (Å²) in [5.41, 5.74) is 1.26. The molecule has 3 nitrogen and oxygen atoms in total. The molecule has 2 atom stereocenters. The van der Waals surface area contributed by atoms with Gasteiger partial charge in [0.2, 0.25) is 0 Å². The summed E-state index contributed by atoms with van der Waals surface area (Å²) in [5.74, 6) is 0. The molecule has 0 aromatic carbocycles. The summed E-state index contributed by atoms with van der Waals surface area (Å²) in [4.78, 5) is 2.43. The maximum Gasteiger partial charge on any atom is 0.0678 e. The van der Waals surface area contributed by atoms with Crippen LogP contribution in [-0.2, 0) is 4.74 Å². The molecule has 0 spiro atoms. The van der Waals surface area contributed by atoms with Crippen molar-refractivity contribution in [1.29, 1.82) is 0 Å². The van der Waals surface area contributed by atoms with E-state index < -0.39 is 0 Å². The second-order valence-electron chi connectivity index (χ2n) is 5.24. The minimum atomic E-state index is 0.342. The normalized spacial score (nSPS) is 27.3. The molecule has 1 rings (SSSR count). The van der Waals surface area contributed by atoms with E-state index in [9.17, 15) is 0 Å². The first kappa shape index (κ1) is 13.7. The summed E-state index contributed by atoms with van der Waals surface area (Å²) in [7, 11) is 0. The number of morpholine rings is 1. The van der Waals surface area contributed by atoms with Crippen LogP contribution >= 0.6 is 0 Å². The van der Waals surface area contributed by atoms with Gasteiger partial charge < -0.3 is 10.1 Å². The fourth-order valence-corrected chi connectivity index (χ4v) is 2.13. The molecule has 0 aromatic rings. The highest BCUT2D eigenvalue weighted by atomic mass is 16.5. The Hall–Kier alpha value is -0.380. The maximum absolute atomic E-state index is 5.71.